The molecule has 0 fully saturated rings. The van der Waals surface area contributed by atoms with Gasteiger partial charge in [-0.3, -0.25) is 0 Å². The van der Waals surface area contributed by atoms with Crippen molar-refractivity contribution in [2.24, 2.45) is 0 Å². The third-order valence-electron chi connectivity index (χ3n) is 2.73. The van der Waals surface area contributed by atoms with Crippen LogP contribution in [-0.2, 0) is 6.42 Å². The van der Waals surface area contributed by atoms with E-state index in [1.54, 1.807) is 0 Å². The summed E-state index contributed by atoms with van der Waals surface area (Å²) in [5, 5.41) is 12.3. The first-order chi connectivity index (χ1) is 8.55. The fourth-order valence-electron chi connectivity index (χ4n) is 1.71. The number of hydrogen-bond acceptors (Lipinski definition) is 4. The minimum Gasteiger partial charge on any atom is -0.355 e. The molecule has 0 saturated carbocycles. The largest absolute Gasteiger partial charge is 0.355 e. The molecule has 0 unspecified atom stereocenters. The van der Waals surface area contributed by atoms with Crippen LogP contribution in [0.5, 0.6) is 0 Å². The fraction of sp³-hybridized carbons (Fsp3) is 0.385. The Hall–Kier alpha value is -0.940. The third kappa shape index (κ3) is 4.07. The van der Waals surface area contributed by atoms with Crippen molar-refractivity contribution in [2.45, 2.75) is 32.2 Å². The van der Waals surface area contributed by atoms with Crippen LogP contribution < -0.4 is 5.32 Å². The van der Waals surface area contributed by atoms with Gasteiger partial charge in [0.15, 0.2) is 3.92 Å². The number of aromatic nitrogens is 2. The molecule has 0 aliphatic carbocycles. The van der Waals surface area contributed by atoms with Crippen LogP contribution in [-0.4, -0.2) is 15.7 Å². The Bertz CT molecular complexity index is 496. The van der Waals surface area contributed by atoms with E-state index in [4.69, 9.17) is 0 Å². The average Bonchev–Trinajstić information content (AvgIpc) is 2.73. The van der Waals surface area contributed by atoms with Crippen LogP contribution in [0.2, 0.25) is 0 Å². The predicted molar refractivity (Wildman–Crippen MR) is 80.1 cm³/mol. The average molecular weight is 326 g/mol. The van der Waals surface area contributed by atoms with Crippen molar-refractivity contribution in [3.05, 3.63) is 39.8 Å². The van der Waals surface area contributed by atoms with Crippen LogP contribution in [0.25, 0.3) is 0 Å². The third-order valence-corrected chi connectivity index (χ3v) is 4.00. The molecule has 0 amide bonds. The summed E-state index contributed by atoms with van der Waals surface area (Å²) in [6.45, 7) is 4.37. The Labute approximate surface area is 120 Å². The molecule has 0 atom stereocenters. The summed E-state index contributed by atoms with van der Waals surface area (Å²) in [5.41, 5.74) is 1.38. The topological polar surface area (TPSA) is 37.8 Å². The van der Waals surface area contributed by atoms with Gasteiger partial charge in [0.05, 0.1) is 0 Å². The standard InChI is InChI=1S/C13H16BrN3S/c1-13(2,15-12-17-16-11(14)18-12)9-8-10-6-4-3-5-7-10/h3-7H,8-9H2,1-2H3,(H,15,17). The minimum atomic E-state index is 0.00874. The van der Waals surface area contributed by atoms with Crippen LogP contribution >= 0.6 is 27.3 Å². The molecule has 96 valence electrons. The minimum absolute atomic E-state index is 0.00874. The zero-order chi connectivity index (χ0) is 13.0. The summed E-state index contributed by atoms with van der Waals surface area (Å²) >= 11 is 4.84. The van der Waals surface area contributed by atoms with Crippen molar-refractivity contribution in [3.63, 3.8) is 0 Å². The highest BCUT2D eigenvalue weighted by atomic mass is 79.9. The highest BCUT2D eigenvalue weighted by Gasteiger charge is 2.19. The Morgan fingerprint density at radius 2 is 1.94 bits per heavy atom. The van der Waals surface area contributed by atoms with Crippen LogP contribution in [0.3, 0.4) is 0 Å². The number of halogens is 1. The molecule has 2 aromatic rings. The van der Waals surface area contributed by atoms with E-state index in [9.17, 15) is 0 Å². The Morgan fingerprint density at radius 1 is 1.22 bits per heavy atom. The first kappa shape index (κ1) is 13.5. The molecule has 0 aliphatic heterocycles. The lowest BCUT2D eigenvalue weighted by Crippen LogP contribution is -2.31. The molecule has 0 spiro atoms. The lowest BCUT2D eigenvalue weighted by atomic mass is 9.95. The van der Waals surface area contributed by atoms with Crippen molar-refractivity contribution in [1.82, 2.24) is 10.2 Å². The van der Waals surface area contributed by atoms with Crippen molar-refractivity contribution < 1.29 is 0 Å². The highest BCUT2D eigenvalue weighted by Crippen LogP contribution is 2.25. The molecule has 1 heterocycles. The molecule has 0 radical (unpaired) electrons. The summed E-state index contributed by atoms with van der Waals surface area (Å²) in [7, 11) is 0. The van der Waals surface area contributed by atoms with Crippen LogP contribution in [0.1, 0.15) is 25.8 Å². The number of hydrogen-bond donors (Lipinski definition) is 1. The molecule has 0 bridgehead atoms. The fourth-order valence-corrected chi connectivity index (χ4v) is 2.90. The molecule has 1 aromatic heterocycles. The Kier molecular flexibility index (Phi) is 4.35. The first-order valence-electron chi connectivity index (χ1n) is 5.86. The second-order valence-corrected chi connectivity index (χ2v) is 7.11. The Balaban J connectivity index is 1.91. The second kappa shape index (κ2) is 5.80. The number of anilines is 1. The summed E-state index contributed by atoms with van der Waals surface area (Å²) in [6.07, 6.45) is 2.11. The molecule has 18 heavy (non-hydrogen) atoms. The first-order valence-corrected chi connectivity index (χ1v) is 7.47. The van der Waals surface area contributed by atoms with Gasteiger partial charge in [0.25, 0.3) is 0 Å². The summed E-state index contributed by atoms with van der Waals surface area (Å²) < 4.78 is 0.809. The van der Waals surface area contributed by atoms with Crippen molar-refractivity contribution in [1.29, 1.82) is 0 Å². The maximum atomic E-state index is 4.07. The second-order valence-electron chi connectivity index (χ2n) is 4.85. The van der Waals surface area contributed by atoms with E-state index in [2.05, 4.69) is 69.6 Å². The van der Waals surface area contributed by atoms with E-state index in [1.807, 2.05) is 6.07 Å². The van der Waals surface area contributed by atoms with Gasteiger partial charge in [-0.15, -0.1) is 10.2 Å². The number of benzene rings is 1. The smallest absolute Gasteiger partial charge is 0.206 e. The van der Waals surface area contributed by atoms with E-state index in [-0.39, 0.29) is 5.54 Å². The highest BCUT2D eigenvalue weighted by molar-refractivity contribution is 9.11. The molecule has 1 aromatic carbocycles. The molecule has 5 heteroatoms. The number of nitrogens with one attached hydrogen (secondary N) is 1. The van der Waals surface area contributed by atoms with Gasteiger partial charge in [-0.25, -0.2) is 0 Å². The summed E-state index contributed by atoms with van der Waals surface area (Å²) in [4.78, 5) is 0. The Morgan fingerprint density at radius 3 is 2.56 bits per heavy atom. The van der Waals surface area contributed by atoms with Crippen molar-refractivity contribution >= 4 is 32.4 Å². The number of rotatable bonds is 5. The van der Waals surface area contributed by atoms with Gasteiger partial charge >= 0.3 is 0 Å². The maximum Gasteiger partial charge on any atom is 0.206 e. The lowest BCUT2D eigenvalue weighted by molar-refractivity contribution is 0.517. The number of nitrogens with zero attached hydrogens (tertiary/aromatic N) is 2. The van der Waals surface area contributed by atoms with E-state index in [0.717, 1.165) is 21.9 Å². The van der Waals surface area contributed by atoms with E-state index >= 15 is 0 Å². The monoisotopic (exact) mass is 325 g/mol. The predicted octanol–water partition coefficient (Wildman–Crippen LogP) is 4.12. The quantitative estimate of drug-likeness (QED) is 0.898. The maximum absolute atomic E-state index is 4.07. The van der Waals surface area contributed by atoms with Gasteiger partial charge in [0.1, 0.15) is 0 Å². The summed E-state index contributed by atoms with van der Waals surface area (Å²) in [6, 6.07) is 10.5. The van der Waals surface area contributed by atoms with Gasteiger partial charge in [-0.1, -0.05) is 41.7 Å². The number of aryl methyl sites for hydroxylation is 1. The lowest BCUT2D eigenvalue weighted by Gasteiger charge is -2.25. The van der Waals surface area contributed by atoms with Gasteiger partial charge in [-0.05, 0) is 48.2 Å². The van der Waals surface area contributed by atoms with Crippen LogP contribution in [0.15, 0.2) is 34.2 Å². The molecule has 1 N–H and O–H groups in total. The van der Waals surface area contributed by atoms with E-state index in [0.29, 0.717) is 0 Å². The zero-order valence-corrected chi connectivity index (χ0v) is 12.9. The molecular weight excluding hydrogens is 310 g/mol. The van der Waals surface area contributed by atoms with Crippen LogP contribution in [0.4, 0.5) is 5.13 Å². The SMILES string of the molecule is CC(C)(CCc1ccccc1)Nc1nnc(Br)s1. The van der Waals surface area contributed by atoms with E-state index < -0.39 is 0 Å². The molecular formula is C13H16BrN3S. The molecule has 2 rings (SSSR count). The van der Waals surface area contributed by atoms with Crippen LogP contribution in [0, 0.1) is 0 Å². The molecule has 3 nitrogen and oxygen atoms in total. The van der Waals surface area contributed by atoms with Crippen molar-refractivity contribution in [2.75, 3.05) is 5.32 Å². The van der Waals surface area contributed by atoms with Crippen molar-refractivity contribution in [3.8, 4) is 0 Å². The van der Waals surface area contributed by atoms with Gasteiger partial charge in [0, 0.05) is 5.54 Å². The van der Waals surface area contributed by atoms with E-state index in [1.165, 1.54) is 16.9 Å². The normalized spacial score (nSPS) is 11.5. The van der Waals surface area contributed by atoms with Gasteiger partial charge in [-0.2, -0.15) is 0 Å². The summed E-state index contributed by atoms with van der Waals surface area (Å²) in [5.74, 6) is 0. The molecule has 0 saturated heterocycles. The van der Waals surface area contributed by atoms with Gasteiger partial charge < -0.3 is 5.32 Å². The molecule has 0 aliphatic rings. The zero-order valence-electron chi connectivity index (χ0n) is 10.5. The van der Waals surface area contributed by atoms with Gasteiger partial charge in [0.2, 0.25) is 5.13 Å².